The highest BCUT2D eigenvalue weighted by molar-refractivity contribution is 5.77. The largest absolute Gasteiger partial charge is 0.384 e. The molecule has 1 heterocycles. The molecule has 0 saturated carbocycles. The predicted molar refractivity (Wildman–Crippen MR) is 74.9 cm³/mol. The Kier molecular flexibility index (Phi) is 4.18. The summed E-state index contributed by atoms with van der Waals surface area (Å²) in [6.07, 6.45) is 0.791. The van der Waals surface area contributed by atoms with Crippen molar-refractivity contribution in [2.75, 3.05) is 13.7 Å². The Morgan fingerprint density at radius 2 is 2.21 bits per heavy atom. The third-order valence-electron chi connectivity index (χ3n) is 3.03. The fraction of sp³-hybridized carbons (Fsp3) is 0.467. The monoisotopic (exact) mass is 257 g/mol. The third-order valence-corrected chi connectivity index (χ3v) is 3.03. The molecular weight excluding hydrogens is 238 g/mol. The van der Waals surface area contributed by atoms with E-state index in [2.05, 4.69) is 29.5 Å². The first kappa shape index (κ1) is 13.6. The van der Waals surface area contributed by atoms with Crippen molar-refractivity contribution in [3.05, 3.63) is 29.6 Å². The zero-order valence-corrected chi connectivity index (χ0v) is 11.7. The van der Waals surface area contributed by atoms with Crippen molar-refractivity contribution in [2.45, 2.75) is 26.8 Å². The molecule has 0 radical (unpaired) electrons. The van der Waals surface area contributed by atoms with Crippen LogP contribution in [0.25, 0.3) is 11.0 Å². The first-order valence-corrected chi connectivity index (χ1v) is 6.54. The lowest BCUT2D eigenvalue weighted by atomic mass is 10.2. The molecule has 0 saturated heterocycles. The Morgan fingerprint density at radius 3 is 2.84 bits per heavy atom. The van der Waals surface area contributed by atoms with Crippen LogP contribution < -0.4 is 0 Å². The maximum atomic E-state index is 8.96. The summed E-state index contributed by atoms with van der Waals surface area (Å²) in [6.45, 7) is 5.97. The molecule has 2 aromatic rings. The second-order valence-electron chi connectivity index (χ2n) is 5.09. The number of ether oxygens (including phenoxy) is 1. The SMILES string of the molecule is COCCc1nc2cc(C#N)ccc2n1CC(C)C. The molecule has 0 spiro atoms. The number of methoxy groups -OCH3 is 1. The van der Waals surface area contributed by atoms with Gasteiger partial charge in [0.25, 0.3) is 0 Å². The average molecular weight is 257 g/mol. The van der Waals surface area contributed by atoms with E-state index in [1.54, 1.807) is 7.11 Å². The molecule has 0 aliphatic carbocycles. The summed E-state index contributed by atoms with van der Waals surface area (Å²) < 4.78 is 7.38. The van der Waals surface area contributed by atoms with Gasteiger partial charge in [0.05, 0.1) is 29.3 Å². The van der Waals surface area contributed by atoms with Gasteiger partial charge in [-0.05, 0) is 24.1 Å². The van der Waals surface area contributed by atoms with Gasteiger partial charge in [-0.2, -0.15) is 5.26 Å². The molecule has 0 fully saturated rings. The minimum atomic E-state index is 0.550. The number of nitrogens with zero attached hydrogens (tertiary/aromatic N) is 3. The highest BCUT2D eigenvalue weighted by Crippen LogP contribution is 2.20. The first-order valence-electron chi connectivity index (χ1n) is 6.54. The third kappa shape index (κ3) is 2.94. The van der Waals surface area contributed by atoms with E-state index in [-0.39, 0.29) is 0 Å². The van der Waals surface area contributed by atoms with E-state index in [9.17, 15) is 0 Å². The van der Waals surface area contributed by atoms with Crippen LogP contribution >= 0.6 is 0 Å². The van der Waals surface area contributed by atoms with Crippen LogP contribution in [0.15, 0.2) is 18.2 Å². The molecule has 1 aromatic carbocycles. The summed E-state index contributed by atoms with van der Waals surface area (Å²) in [5, 5.41) is 8.96. The Morgan fingerprint density at radius 1 is 1.42 bits per heavy atom. The average Bonchev–Trinajstić information content (AvgIpc) is 2.73. The van der Waals surface area contributed by atoms with Gasteiger partial charge >= 0.3 is 0 Å². The lowest BCUT2D eigenvalue weighted by molar-refractivity contribution is 0.199. The number of aromatic nitrogens is 2. The van der Waals surface area contributed by atoms with Crippen molar-refractivity contribution >= 4 is 11.0 Å². The van der Waals surface area contributed by atoms with Crippen molar-refractivity contribution in [1.29, 1.82) is 5.26 Å². The van der Waals surface area contributed by atoms with Crippen molar-refractivity contribution in [1.82, 2.24) is 9.55 Å². The van der Waals surface area contributed by atoms with Gasteiger partial charge in [-0.1, -0.05) is 13.8 Å². The lowest BCUT2D eigenvalue weighted by Gasteiger charge is -2.11. The lowest BCUT2D eigenvalue weighted by Crippen LogP contribution is -2.10. The minimum absolute atomic E-state index is 0.550. The molecular formula is C15H19N3O. The van der Waals surface area contributed by atoms with E-state index >= 15 is 0 Å². The number of nitriles is 1. The molecule has 0 aliphatic rings. The van der Waals surface area contributed by atoms with E-state index in [1.807, 2.05) is 18.2 Å². The summed E-state index contributed by atoms with van der Waals surface area (Å²) >= 11 is 0. The molecule has 0 unspecified atom stereocenters. The molecule has 4 nitrogen and oxygen atoms in total. The van der Waals surface area contributed by atoms with E-state index in [0.717, 1.165) is 29.8 Å². The first-order chi connectivity index (χ1) is 9.15. The van der Waals surface area contributed by atoms with Gasteiger partial charge in [0, 0.05) is 20.1 Å². The van der Waals surface area contributed by atoms with Gasteiger partial charge in [0.15, 0.2) is 0 Å². The van der Waals surface area contributed by atoms with E-state index in [1.165, 1.54) is 0 Å². The van der Waals surface area contributed by atoms with Crippen molar-refractivity contribution in [3.63, 3.8) is 0 Å². The maximum Gasteiger partial charge on any atom is 0.112 e. The van der Waals surface area contributed by atoms with Crippen LogP contribution in [0.3, 0.4) is 0 Å². The number of imidazole rings is 1. The summed E-state index contributed by atoms with van der Waals surface area (Å²) in [6, 6.07) is 7.84. The molecule has 0 bridgehead atoms. The molecule has 1 aromatic heterocycles. The summed E-state index contributed by atoms with van der Waals surface area (Å²) in [5.41, 5.74) is 2.64. The quantitative estimate of drug-likeness (QED) is 0.827. The van der Waals surface area contributed by atoms with Crippen LogP contribution in [0.2, 0.25) is 0 Å². The highest BCUT2D eigenvalue weighted by Gasteiger charge is 2.12. The summed E-state index contributed by atoms with van der Waals surface area (Å²) in [4.78, 5) is 4.64. The fourth-order valence-corrected chi connectivity index (χ4v) is 2.20. The van der Waals surface area contributed by atoms with Gasteiger partial charge in [-0.3, -0.25) is 0 Å². The fourth-order valence-electron chi connectivity index (χ4n) is 2.20. The summed E-state index contributed by atoms with van der Waals surface area (Å²) in [7, 11) is 1.70. The Balaban J connectivity index is 2.49. The maximum absolute atomic E-state index is 8.96. The Hall–Kier alpha value is -1.86. The van der Waals surface area contributed by atoms with Crippen molar-refractivity contribution in [2.24, 2.45) is 5.92 Å². The standard InChI is InChI=1S/C15H19N3O/c1-11(2)10-18-14-5-4-12(9-16)8-13(14)17-15(18)6-7-19-3/h4-5,8,11H,6-7,10H2,1-3H3. The predicted octanol–water partition coefficient (Wildman–Crippen LogP) is 2.75. The zero-order valence-electron chi connectivity index (χ0n) is 11.7. The van der Waals surface area contributed by atoms with Gasteiger partial charge in [-0.25, -0.2) is 4.98 Å². The topological polar surface area (TPSA) is 50.8 Å². The molecule has 0 aliphatic heterocycles. The van der Waals surface area contributed by atoms with Gasteiger partial charge in [0.1, 0.15) is 5.82 Å². The van der Waals surface area contributed by atoms with Gasteiger partial charge < -0.3 is 9.30 Å². The molecule has 0 atom stereocenters. The van der Waals surface area contributed by atoms with Crippen LogP contribution in [-0.2, 0) is 17.7 Å². The van der Waals surface area contributed by atoms with Crippen LogP contribution in [0.4, 0.5) is 0 Å². The van der Waals surface area contributed by atoms with Crippen LogP contribution in [0, 0.1) is 17.2 Å². The van der Waals surface area contributed by atoms with Crippen LogP contribution in [-0.4, -0.2) is 23.3 Å². The molecule has 2 rings (SSSR count). The second-order valence-corrected chi connectivity index (χ2v) is 5.09. The van der Waals surface area contributed by atoms with Crippen LogP contribution in [0.1, 0.15) is 25.2 Å². The zero-order chi connectivity index (χ0) is 13.8. The number of hydrogen-bond acceptors (Lipinski definition) is 3. The minimum Gasteiger partial charge on any atom is -0.384 e. The smallest absolute Gasteiger partial charge is 0.112 e. The number of benzene rings is 1. The molecule has 0 amide bonds. The summed E-state index contributed by atoms with van der Waals surface area (Å²) in [5.74, 6) is 1.58. The normalized spacial score (nSPS) is 11.1. The molecule has 0 N–H and O–H groups in total. The van der Waals surface area contributed by atoms with Crippen LogP contribution in [0.5, 0.6) is 0 Å². The Labute approximate surface area is 113 Å². The number of fused-ring (bicyclic) bond motifs is 1. The van der Waals surface area contributed by atoms with E-state index in [0.29, 0.717) is 18.1 Å². The van der Waals surface area contributed by atoms with Gasteiger partial charge in [-0.15, -0.1) is 0 Å². The highest BCUT2D eigenvalue weighted by atomic mass is 16.5. The molecule has 4 heteroatoms. The van der Waals surface area contributed by atoms with Crippen molar-refractivity contribution < 1.29 is 4.74 Å². The van der Waals surface area contributed by atoms with E-state index in [4.69, 9.17) is 10.00 Å². The number of hydrogen-bond donors (Lipinski definition) is 0. The van der Waals surface area contributed by atoms with Gasteiger partial charge in [0.2, 0.25) is 0 Å². The molecule has 100 valence electrons. The second kappa shape index (κ2) is 5.85. The van der Waals surface area contributed by atoms with Crippen molar-refractivity contribution in [3.8, 4) is 6.07 Å². The van der Waals surface area contributed by atoms with E-state index < -0.39 is 0 Å². The Bertz CT molecular complexity index is 608. The number of rotatable bonds is 5. The molecule has 19 heavy (non-hydrogen) atoms.